The Hall–Kier alpha value is -1.73. The summed E-state index contributed by atoms with van der Waals surface area (Å²) in [6.45, 7) is 7.41. The smallest absolute Gasteiger partial charge is 0.226 e. The number of nitrogens with zero attached hydrogens (tertiary/aromatic N) is 3. The molecule has 0 saturated carbocycles. The van der Waals surface area contributed by atoms with Gasteiger partial charge < -0.3 is 14.6 Å². The van der Waals surface area contributed by atoms with Gasteiger partial charge in [0.05, 0.1) is 17.8 Å². The van der Waals surface area contributed by atoms with E-state index in [1.165, 1.54) is 0 Å². The second-order valence-electron chi connectivity index (χ2n) is 6.21. The minimum absolute atomic E-state index is 0.0157. The molecule has 0 radical (unpaired) electrons. The first-order valence-corrected chi connectivity index (χ1v) is 9.31. The summed E-state index contributed by atoms with van der Waals surface area (Å²) in [4.78, 5) is 21.3. The van der Waals surface area contributed by atoms with E-state index >= 15 is 0 Å². The highest BCUT2D eigenvalue weighted by atomic mass is 32.1. The van der Waals surface area contributed by atoms with E-state index in [-0.39, 0.29) is 18.1 Å². The van der Waals surface area contributed by atoms with Crippen molar-refractivity contribution in [1.29, 1.82) is 0 Å². The molecule has 0 aliphatic carbocycles. The lowest BCUT2D eigenvalue weighted by Crippen LogP contribution is -2.41. The second kappa shape index (κ2) is 7.44. The first-order chi connectivity index (χ1) is 11.5. The summed E-state index contributed by atoms with van der Waals surface area (Å²) in [5.74, 6) is 1.15. The molecule has 1 N–H and O–H groups in total. The molecule has 0 fully saturated rings. The van der Waals surface area contributed by atoms with Crippen LogP contribution in [0.2, 0.25) is 0 Å². The van der Waals surface area contributed by atoms with Crippen LogP contribution >= 0.6 is 11.3 Å². The molecule has 0 bridgehead atoms. The Kier molecular flexibility index (Phi) is 5.30. The van der Waals surface area contributed by atoms with E-state index in [1.807, 2.05) is 26.2 Å². The van der Waals surface area contributed by atoms with Crippen molar-refractivity contribution < 1.29 is 9.53 Å². The van der Waals surface area contributed by atoms with Crippen LogP contribution in [-0.4, -0.2) is 33.1 Å². The minimum atomic E-state index is -0.0157. The van der Waals surface area contributed by atoms with Crippen molar-refractivity contribution in [2.75, 3.05) is 6.61 Å². The van der Waals surface area contributed by atoms with Gasteiger partial charge in [0.2, 0.25) is 5.91 Å². The average Bonchev–Trinajstić information content (AvgIpc) is 3.12. The van der Waals surface area contributed by atoms with Crippen molar-refractivity contribution in [2.45, 2.75) is 58.7 Å². The third-order valence-corrected chi connectivity index (χ3v) is 5.21. The van der Waals surface area contributed by atoms with Gasteiger partial charge in [0.15, 0.2) is 0 Å². The molecular formula is C17H24N4O2S. The summed E-state index contributed by atoms with van der Waals surface area (Å²) in [5.41, 5.74) is 1.85. The number of thiazole rings is 1. The lowest BCUT2D eigenvalue weighted by molar-refractivity contribution is -0.121. The molecule has 6 nitrogen and oxygen atoms in total. The zero-order valence-electron chi connectivity index (χ0n) is 14.4. The summed E-state index contributed by atoms with van der Waals surface area (Å²) in [6, 6.07) is 0.166. The van der Waals surface area contributed by atoms with Crippen molar-refractivity contribution in [3.63, 3.8) is 0 Å². The van der Waals surface area contributed by atoms with Crippen LogP contribution in [0.5, 0.6) is 0 Å². The van der Waals surface area contributed by atoms with E-state index in [1.54, 1.807) is 11.3 Å². The van der Waals surface area contributed by atoms with E-state index in [0.29, 0.717) is 13.0 Å². The predicted octanol–water partition coefficient (Wildman–Crippen LogP) is 2.42. The number of rotatable bonds is 6. The lowest BCUT2D eigenvalue weighted by Gasteiger charge is -2.24. The van der Waals surface area contributed by atoms with E-state index in [9.17, 15) is 4.79 Å². The number of aromatic nitrogens is 3. The van der Waals surface area contributed by atoms with Crippen LogP contribution < -0.4 is 5.32 Å². The normalized spacial score (nSPS) is 18.2. The minimum Gasteiger partial charge on any atom is -0.372 e. The third kappa shape index (κ3) is 4.02. The summed E-state index contributed by atoms with van der Waals surface area (Å²) in [5, 5.41) is 6.00. The first-order valence-electron chi connectivity index (χ1n) is 8.43. The number of carbonyl (C=O) groups excluding carboxylic acids is 1. The second-order valence-corrected chi connectivity index (χ2v) is 7.10. The van der Waals surface area contributed by atoms with E-state index in [2.05, 4.69) is 26.0 Å². The Morgan fingerprint density at radius 2 is 2.38 bits per heavy atom. The number of nitrogens with one attached hydrogen (secondary N) is 1. The maximum atomic E-state index is 12.3. The number of ether oxygens (including phenoxy) is 1. The first kappa shape index (κ1) is 17.1. The molecule has 3 rings (SSSR count). The Labute approximate surface area is 146 Å². The zero-order valence-corrected chi connectivity index (χ0v) is 15.2. The molecule has 2 atom stereocenters. The van der Waals surface area contributed by atoms with Crippen LogP contribution in [0.25, 0.3) is 0 Å². The molecule has 2 aromatic heterocycles. The summed E-state index contributed by atoms with van der Waals surface area (Å²) in [6.07, 6.45) is 4.20. The largest absolute Gasteiger partial charge is 0.372 e. The molecule has 130 valence electrons. The van der Waals surface area contributed by atoms with E-state index < -0.39 is 0 Å². The number of hydrogen-bond acceptors (Lipinski definition) is 5. The summed E-state index contributed by atoms with van der Waals surface area (Å²) < 4.78 is 7.69. The molecule has 3 heterocycles. The fraction of sp³-hybridized carbons (Fsp3) is 0.588. The highest BCUT2D eigenvalue weighted by Gasteiger charge is 2.21. The quantitative estimate of drug-likeness (QED) is 0.870. The number of amides is 1. The Morgan fingerprint density at radius 1 is 1.54 bits per heavy atom. The van der Waals surface area contributed by atoms with Crippen LogP contribution in [-0.2, 0) is 28.9 Å². The molecule has 2 aromatic rings. The van der Waals surface area contributed by atoms with Crippen molar-refractivity contribution >= 4 is 17.2 Å². The highest BCUT2D eigenvalue weighted by molar-refractivity contribution is 7.09. The van der Waals surface area contributed by atoms with Crippen molar-refractivity contribution in [2.24, 2.45) is 0 Å². The van der Waals surface area contributed by atoms with Gasteiger partial charge in [-0.05, 0) is 27.2 Å². The number of aryl methyl sites for hydroxylation is 2. The number of fused-ring (bicyclic) bond motifs is 1. The Bertz CT molecular complexity index is 709. The SMILES string of the molecule is CCO[C@@H](C)c1nc(CC(=O)N[C@@H]2CCc3nc(C)cn3C2)cs1. The van der Waals surface area contributed by atoms with Crippen LogP contribution in [0.4, 0.5) is 0 Å². The topological polar surface area (TPSA) is 69.0 Å². The standard InChI is InChI=1S/C17H24N4O2S/c1-4-23-12(3)17-20-14(10-24-17)7-16(22)19-13-5-6-15-18-11(2)8-21(15)9-13/h8,10,12-13H,4-7,9H2,1-3H3,(H,19,22)/t12-,13+/m0/s1. The van der Waals surface area contributed by atoms with Crippen LogP contribution in [0.15, 0.2) is 11.6 Å². The monoisotopic (exact) mass is 348 g/mol. The Balaban J connectivity index is 1.53. The molecule has 7 heteroatoms. The van der Waals surface area contributed by atoms with Crippen LogP contribution in [0.1, 0.15) is 48.6 Å². The Morgan fingerprint density at radius 3 is 3.17 bits per heavy atom. The molecule has 0 aromatic carbocycles. The van der Waals surface area contributed by atoms with Crippen molar-refractivity contribution in [3.05, 3.63) is 33.8 Å². The fourth-order valence-electron chi connectivity index (χ4n) is 3.06. The zero-order chi connectivity index (χ0) is 17.1. The van der Waals surface area contributed by atoms with Gasteiger partial charge >= 0.3 is 0 Å². The van der Waals surface area contributed by atoms with Gasteiger partial charge in [0.1, 0.15) is 16.9 Å². The molecule has 24 heavy (non-hydrogen) atoms. The number of imidazole rings is 1. The van der Waals surface area contributed by atoms with E-state index in [0.717, 1.165) is 41.6 Å². The maximum absolute atomic E-state index is 12.3. The van der Waals surface area contributed by atoms with Gasteiger partial charge in [-0.15, -0.1) is 11.3 Å². The van der Waals surface area contributed by atoms with Gasteiger partial charge in [-0.2, -0.15) is 0 Å². The van der Waals surface area contributed by atoms with Gasteiger partial charge in [0.25, 0.3) is 0 Å². The molecule has 1 aliphatic heterocycles. The number of carbonyl (C=O) groups is 1. The summed E-state index contributed by atoms with van der Waals surface area (Å²) in [7, 11) is 0. The average molecular weight is 348 g/mol. The maximum Gasteiger partial charge on any atom is 0.226 e. The van der Waals surface area contributed by atoms with Crippen LogP contribution in [0.3, 0.4) is 0 Å². The molecule has 0 saturated heterocycles. The molecular weight excluding hydrogens is 324 g/mol. The van der Waals surface area contributed by atoms with Gasteiger partial charge in [-0.1, -0.05) is 0 Å². The lowest BCUT2D eigenvalue weighted by atomic mass is 10.1. The summed E-state index contributed by atoms with van der Waals surface area (Å²) >= 11 is 1.55. The van der Waals surface area contributed by atoms with Crippen molar-refractivity contribution in [1.82, 2.24) is 19.9 Å². The van der Waals surface area contributed by atoms with Crippen LogP contribution in [0, 0.1) is 6.92 Å². The molecule has 0 unspecified atom stereocenters. The predicted molar refractivity (Wildman–Crippen MR) is 93.1 cm³/mol. The number of hydrogen-bond donors (Lipinski definition) is 1. The molecule has 1 aliphatic rings. The molecule has 1 amide bonds. The third-order valence-electron chi connectivity index (χ3n) is 4.15. The van der Waals surface area contributed by atoms with Gasteiger partial charge in [-0.3, -0.25) is 4.79 Å². The molecule has 0 spiro atoms. The van der Waals surface area contributed by atoms with Crippen molar-refractivity contribution in [3.8, 4) is 0 Å². The highest BCUT2D eigenvalue weighted by Crippen LogP contribution is 2.21. The van der Waals surface area contributed by atoms with E-state index in [4.69, 9.17) is 4.74 Å². The van der Waals surface area contributed by atoms with Gasteiger partial charge in [0, 0.05) is 37.2 Å². The van der Waals surface area contributed by atoms with Gasteiger partial charge in [-0.25, -0.2) is 9.97 Å². The fourth-order valence-corrected chi connectivity index (χ4v) is 3.88.